The van der Waals surface area contributed by atoms with E-state index in [1.54, 1.807) is 4.90 Å². The number of likely N-dealkylation sites (N-methyl/N-ethyl adjacent to an activating group) is 1. The second kappa shape index (κ2) is 6.55. The average Bonchev–Trinajstić information content (AvgIpc) is 2.36. The van der Waals surface area contributed by atoms with Crippen molar-refractivity contribution >= 4 is 5.91 Å². The third-order valence-corrected chi connectivity index (χ3v) is 3.42. The minimum Gasteiger partial charge on any atom is -0.340 e. The minimum absolute atomic E-state index is 0.0193. The molecule has 3 nitrogen and oxygen atoms in total. The highest BCUT2D eigenvalue weighted by Crippen LogP contribution is 2.11. The number of rotatable bonds is 5. The molecule has 1 aromatic carbocycles. The highest BCUT2D eigenvalue weighted by atomic mass is 16.2. The van der Waals surface area contributed by atoms with Crippen LogP contribution >= 0.6 is 0 Å². The fourth-order valence-electron chi connectivity index (χ4n) is 1.91. The van der Waals surface area contributed by atoms with Crippen molar-refractivity contribution < 1.29 is 4.79 Å². The second-order valence-corrected chi connectivity index (χ2v) is 5.09. The van der Waals surface area contributed by atoms with Gasteiger partial charge >= 0.3 is 0 Å². The van der Waals surface area contributed by atoms with Crippen LogP contribution in [0, 0.1) is 12.8 Å². The molecule has 1 amide bonds. The standard InChI is InChI=1S/C15H24N2O/c1-5-12(3)14(16)15(18)17(4)10-13-8-6-7-11(2)9-13/h6-9,12,14H,5,10,16H2,1-4H3/t12-,14-/m0/s1. The van der Waals surface area contributed by atoms with E-state index in [-0.39, 0.29) is 11.8 Å². The lowest BCUT2D eigenvalue weighted by Gasteiger charge is -2.24. The van der Waals surface area contributed by atoms with Gasteiger partial charge in [0, 0.05) is 13.6 Å². The first kappa shape index (κ1) is 14.7. The predicted octanol–water partition coefficient (Wildman–Crippen LogP) is 2.33. The van der Waals surface area contributed by atoms with Crippen LogP contribution < -0.4 is 5.73 Å². The molecule has 0 aliphatic rings. The van der Waals surface area contributed by atoms with Gasteiger partial charge in [0.05, 0.1) is 6.04 Å². The van der Waals surface area contributed by atoms with Gasteiger partial charge in [-0.2, -0.15) is 0 Å². The number of carbonyl (C=O) groups is 1. The van der Waals surface area contributed by atoms with Gasteiger partial charge in [-0.25, -0.2) is 0 Å². The van der Waals surface area contributed by atoms with E-state index >= 15 is 0 Å². The molecule has 18 heavy (non-hydrogen) atoms. The van der Waals surface area contributed by atoms with E-state index < -0.39 is 6.04 Å². The third kappa shape index (κ3) is 3.84. The molecule has 2 N–H and O–H groups in total. The minimum atomic E-state index is -0.398. The Kier molecular flexibility index (Phi) is 5.35. The van der Waals surface area contributed by atoms with Crippen molar-refractivity contribution in [1.29, 1.82) is 0 Å². The highest BCUT2D eigenvalue weighted by molar-refractivity contribution is 5.81. The number of nitrogens with zero attached hydrogens (tertiary/aromatic N) is 1. The van der Waals surface area contributed by atoms with E-state index in [2.05, 4.69) is 26.0 Å². The third-order valence-electron chi connectivity index (χ3n) is 3.42. The molecule has 1 aromatic rings. The molecule has 0 heterocycles. The van der Waals surface area contributed by atoms with Crippen molar-refractivity contribution in [3.8, 4) is 0 Å². The number of amides is 1. The van der Waals surface area contributed by atoms with Crippen molar-refractivity contribution in [2.45, 2.75) is 39.8 Å². The lowest BCUT2D eigenvalue weighted by Crippen LogP contribution is -2.45. The Morgan fingerprint density at radius 3 is 2.67 bits per heavy atom. The number of nitrogens with two attached hydrogens (primary N) is 1. The van der Waals surface area contributed by atoms with E-state index in [1.807, 2.05) is 26.1 Å². The molecular weight excluding hydrogens is 224 g/mol. The first-order valence-corrected chi connectivity index (χ1v) is 6.51. The molecule has 0 aliphatic carbocycles. The normalized spacial score (nSPS) is 14.1. The Hall–Kier alpha value is -1.35. The molecule has 3 heteroatoms. The zero-order chi connectivity index (χ0) is 13.7. The summed E-state index contributed by atoms with van der Waals surface area (Å²) in [6.07, 6.45) is 0.922. The van der Waals surface area contributed by atoms with Crippen molar-refractivity contribution in [2.24, 2.45) is 11.7 Å². The molecule has 0 radical (unpaired) electrons. The van der Waals surface area contributed by atoms with E-state index in [9.17, 15) is 4.79 Å². The van der Waals surface area contributed by atoms with Gasteiger partial charge in [-0.15, -0.1) is 0 Å². The summed E-state index contributed by atoms with van der Waals surface area (Å²) < 4.78 is 0. The van der Waals surface area contributed by atoms with Gasteiger partial charge in [-0.05, 0) is 18.4 Å². The molecule has 2 atom stereocenters. The Balaban J connectivity index is 2.65. The fraction of sp³-hybridized carbons (Fsp3) is 0.533. The van der Waals surface area contributed by atoms with E-state index in [0.717, 1.165) is 12.0 Å². The van der Waals surface area contributed by atoms with E-state index in [0.29, 0.717) is 6.54 Å². The monoisotopic (exact) mass is 248 g/mol. The van der Waals surface area contributed by atoms with Crippen molar-refractivity contribution in [3.05, 3.63) is 35.4 Å². The topological polar surface area (TPSA) is 46.3 Å². The maximum Gasteiger partial charge on any atom is 0.239 e. The SMILES string of the molecule is CC[C@H](C)[C@H](N)C(=O)N(C)Cc1cccc(C)c1. The van der Waals surface area contributed by atoms with Crippen molar-refractivity contribution in [2.75, 3.05) is 7.05 Å². The van der Waals surface area contributed by atoms with Crippen LogP contribution in [0.3, 0.4) is 0 Å². The maximum absolute atomic E-state index is 12.1. The van der Waals surface area contributed by atoms with Crippen LogP contribution in [0.15, 0.2) is 24.3 Å². The largest absolute Gasteiger partial charge is 0.340 e. The molecule has 0 spiro atoms. The number of benzene rings is 1. The number of hydrogen-bond acceptors (Lipinski definition) is 2. The quantitative estimate of drug-likeness (QED) is 0.869. The number of aryl methyl sites for hydroxylation is 1. The lowest BCUT2D eigenvalue weighted by molar-refractivity contribution is -0.132. The lowest BCUT2D eigenvalue weighted by atomic mass is 9.99. The van der Waals surface area contributed by atoms with Crippen LogP contribution in [-0.4, -0.2) is 23.9 Å². The first-order chi connectivity index (χ1) is 8.45. The molecule has 1 rings (SSSR count). The summed E-state index contributed by atoms with van der Waals surface area (Å²) in [5, 5.41) is 0. The molecule has 0 saturated carbocycles. The Bertz CT molecular complexity index is 403. The molecule has 100 valence electrons. The van der Waals surface area contributed by atoms with E-state index in [4.69, 9.17) is 5.73 Å². The van der Waals surface area contributed by atoms with Gasteiger partial charge < -0.3 is 10.6 Å². The van der Waals surface area contributed by atoms with Crippen LogP contribution in [-0.2, 0) is 11.3 Å². The molecule has 0 aromatic heterocycles. The summed E-state index contributed by atoms with van der Waals surface area (Å²) >= 11 is 0. The maximum atomic E-state index is 12.1. The van der Waals surface area contributed by atoms with Gasteiger partial charge in [0.15, 0.2) is 0 Å². The highest BCUT2D eigenvalue weighted by Gasteiger charge is 2.22. The van der Waals surface area contributed by atoms with Gasteiger partial charge in [-0.1, -0.05) is 50.1 Å². The summed E-state index contributed by atoms with van der Waals surface area (Å²) in [5.41, 5.74) is 8.31. The van der Waals surface area contributed by atoms with Gasteiger partial charge in [0.2, 0.25) is 5.91 Å². The Morgan fingerprint density at radius 1 is 1.44 bits per heavy atom. The summed E-state index contributed by atoms with van der Waals surface area (Å²) in [5.74, 6) is 0.239. The van der Waals surface area contributed by atoms with Crippen LogP contribution in [0.2, 0.25) is 0 Å². The van der Waals surface area contributed by atoms with Crippen LogP contribution in [0.25, 0.3) is 0 Å². The molecule has 0 fully saturated rings. The molecule has 0 aliphatic heterocycles. The fourth-order valence-corrected chi connectivity index (χ4v) is 1.91. The molecule has 0 unspecified atom stereocenters. The van der Waals surface area contributed by atoms with Gasteiger partial charge in [0.25, 0.3) is 0 Å². The number of carbonyl (C=O) groups excluding carboxylic acids is 1. The summed E-state index contributed by atoms with van der Waals surface area (Å²) in [6.45, 7) is 6.74. The number of hydrogen-bond donors (Lipinski definition) is 1. The van der Waals surface area contributed by atoms with Gasteiger partial charge in [0.1, 0.15) is 0 Å². The predicted molar refractivity (Wildman–Crippen MR) is 75.1 cm³/mol. The first-order valence-electron chi connectivity index (χ1n) is 6.51. The Labute approximate surface area is 110 Å². The van der Waals surface area contributed by atoms with Crippen molar-refractivity contribution in [3.63, 3.8) is 0 Å². The van der Waals surface area contributed by atoms with Crippen molar-refractivity contribution in [1.82, 2.24) is 4.90 Å². The van der Waals surface area contributed by atoms with Crippen LogP contribution in [0.5, 0.6) is 0 Å². The van der Waals surface area contributed by atoms with Crippen LogP contribution in [0.1, 0.15) is 31.4 Å². The molecule has 0 saturated heterocycles. The summed E-state index contributed by atoms with van der Waals surface area (Å²) in [6, 6.07) is 7.79. The smallest absolute Gasteiger partial charge is 0.239 e. The summed E-state index contributed by atoms with van der Waals surface area (Å²) in [7, 11) is 1.81. The molecule has 0 bridgehead atoms. The van der Waals surface area contributed by atoms with Crippen LogP contribution in [0.4, 0.5) is 0 Å². The zero-order valence-corrected chi connectivity index (χ0v) is 11.8. The average molecular weight is 248 g/mol. The Morgan fingerprint density at radius 2 is 2.11 bits per heavy atom. The second-order valence-electron chi connectivity index (χ2n) is 5.09. The van der Waals surface area contributed by atoms with E-state index in [1.165, 1.54) is 5.56 Å². The summed E-state index contributed by atoms with van der Waals surface area (Å²) in [4.78, 5) is 13.8. The molecular formula is C15H24N2O. The zero-order valence-electron chi connectivity index (χ0n) is 11.8. The van der Waals surface area contributed by atoms with Gasteiger partial charge in [-0.3, -0.25) is 4.79 Å².